The van der Waals surface area contributed by atoms with Crippen molar-refractivity contribution >= 4 is 15.9 Å². The third-order valence-corrected chi connectivity index (χ3v) is 1.54. The molecule has 0 aromatic carbocycles. The van der Waals surface area contributed by atoms with Crippen LogP contribution >= 0.6 is 15.9 Å². The van der Waals surface area contributed by atoms with Crippen LogP contribution in [0.3, 0.4) is 0 Å². The first-order valence-corrected chi connectivity index (χ1v) is 3.52. The van der Waals surface area contributed by atoms with Crippen LogP contribution in [-0.4, -0.2) is 11.6 Å². The van der Waals surface area contributed by atoms with E-state index in [1.165, 1.54) is 0 Å². The molecule has 0 saturated carbocycles. The Balaban J connectivity index is 2.60. The van der Waals surface area contributed by atoms with Crippen LogP contribution < -0.4 is 4.74 Å². The predicted molar refractivity (Wildman–Crippen MR) is 43.1 cm³/mol. The number of hydrogen-bond acceptors (Lipinski definition) is 2. The van der Waals surface area contributed by atoms with E-state index < -0.39 is 6.85 Å². The van der Waals surface area contributed by atoms with Gasteiger partial charge >= 0.3 is 0 Å². The van der Waals surface area contributed by atoms with Gasteiger partial charge in [-0.2, -0.15) is 0 Å². The molecule has 2 nitrogen and oxygen atoms in total. The maximum Gasteiger partial charge on any atom is 0.227 e. The monoisotopic (exact) mass is 204 g/mol. The van der Waals surface area contributed by atoms with Gasteiger partial charge in [-0.05, 0) is 34.9 Å². The van der Waals surface area contributed by atoms with E-state index in [1.807, 2.05) is 0 Å². The molecule has 0 fully saturated rings. The number of halogens is 1. The zero-order valence-corrected chi connectivity index (χ0v) is 6.76. The van der Waals surface area contributed by atoms with Crippen molar-refractivity contribution in [2.75, 3.05) is 6.61 Å². The molecule has 1 aromatic rings. The summed E-state index contributed by atoms with van der Waals surface area (Å²) in [5.41, 5.74) is 0. The van der Waals surface area contributed by atoms with Gasteiger partial charge in [0.15, 0.2) is 0 Å². The van der Waals surface area contributed by atoms with Gasteiger partial charge in [0.1, 0.15) is 0 Å². The fraction of sp³-hybridized carbons (Fsp3) is 0.286. The van der Waals surface area contributed by atoms with Gasteiger partial charge in [-0.1, -0.05) is 0 Å². The van der Waals surface area contributed by atoms with E-state index >= 15 is 0 Å². The molecule has 0 atom stereocenters. The molecule has 0 saturated heterocycles. The number of hydrogen-bond donors (Lipinski definition) is 0. The SMILES string of the molecule is [2H]C([2H])([2H])COc1ncccc1Br. The highest BCUT2D eigenvalue weighted by Crippen LogP contribution is 2.20. The Kier molecular flexibility index (Phi) is 1.55. The van der Waals surface area contributed by atoms with E-state index in [4.69, 9.17) is 8.85 Å². The number of nitrogens with zero attached hydrogens (tertiary/aromatic N) is 1. The van der Waals surface area contributed by atoms with E-state index in [1.54, 1.807) is 18.3 Å². The smallest absolute Gasteiger partial charge is 0.227 e. The van der Waals surface area contributed by atoms with Crippen LogP contribution in [-0.2, 0) is 0 Å². The molecular weight excluding hydrogens is 194 g/mol. The Hall–Kier alpha value is -0.570. The minimum absolute atomic E-state index is 0.304. The van der Waals surface area contributed by atoms with Gasteiger partial charge in [-0.3, -0.25) is 0 Å². The molecule has 10 heavy (non-hydrogen) atoms. The largest absolute Gasteiger partial charge is 0.477 e. The van der Waals surface area contributed by atoms with E-state index in [0.29, 0.717) is 10.4 Å². The summed E-state index contributed by atoms with van der Waals surface area (Å²) in [6.45, 7) is -2.42. The molecule has 0 aliphatic rings. The van der Waals surface area contributed by atoms with Gasteiger partial charge in [0.25, 0.3) is 0 Å². The topological polar surface area (TPSA) is 22.1 Å². The van der Waals surface area contributed by atoms with Gasteiger partial charge in [0.05, 0.1) is 11.1 Å². The standard InChI is InChI=1S/C7H8BrNO/c1-2-10-7-6(8)4-3-5-9-7/h3-5H,2H2,1H3/i1D3. The highest BCUT2D eigenvalue weighted by atomic mass is 79.9. The van der Waals surface area contributed by atoms with E-state index in [2.05, 4.69) is 20.9 Å². The number of aromatic nitrogens is 1. The van der Waals surface area contributed by atoms with Gasteiger partial charge in [-0.15, -0.1) is 0 Å². The number of ether oxygens (including phenoxy) is 1. The summed E-state index contributed by atoms with van der Waals surface area (Å²) in [4.78, 5) is 3.86. The second kappa shape index (κ2) is 3.56. The first-order valence-electron chi connectivity index (χ1n) is 4.22. The van der Waals surface area contributed by atoms with Crippen molar-refractivity contribution in [2.45, 2.75) is 6.85 Å². The van der Waals surface area contributed by atoms with E-state index in [9.17, 15) is 0 Å². The normalized spacial score (nSPS) is 15.1. The molecule has 3 heteroatoms. The van der Waals surface area contributed by atoms with Crippen LogP contribution in [0.2, 0.25) is 0 Å². The molecule has 0 amide bonds. The van der Waals surface area contributed by atoms with Gasteiger partial charge in [0.2, 0.25) is 5.88 Å². The van der Waals surface area contributed by atoms with Crippen molar-refractivity contribution in [1.82, 2.24) is 4.98 Å². The summed E-state index contributed by atoms with van der Waals surface area (Å²) in [6, 6.07) is 3.47. The summed E-state index contributed by atoms with van der Waals surface area (Å²) in [5, 5.41) is 0. The third-order valence-electron chi connectivity index (χ3n) is 0.934. The lowest BCUT2D eigenvalue weighted by molar-refractivity contribution is 0.324. The molecule has 1 rings (SSSR count). The average Bonchev–Trinajstić information content (AvgIpc) is 2.01. The first kappa shape index (κ1) is 4.34. The molecule has 1 heterocycles. The molecule has 54 valence electrons. The number of pyridine rings is 1. The van der Waals surface area contributed by atoms with Crippen molar-refractivity contribution in [1.29, 1.82) is 0 Å². The fourth-order valence-electron chi connectivity index (χ4n) is 0.546. The molecule has 0 aliphatic heterocycles. The Morgan fingerprint density at radius 2 is 2.80 bits per heavy atom. The second-order valence-corrected chi connectivity index (χ2v) is 2.43. The Bertz CT molecular complexity index is 289. The van der Waals surface area contributed by atoms with Crippen LogP contribution in [0.5, 0.6) is 5.88 Å². The Labute approximate surface area is 72.6 Å². The van der Waals surface area contributed by atoms with Crippen molar-refractivity contribution in [3.8, 4) is 5.88 Å². The maximum atomic E-state index is 6.92. The van der Waals surface area contributed by atoms with Gasteiger partial charge in [0, 0.05) is 10.3 Å². The quantitative estimate of drug-likeness (QED) is 0.738. The summed E-state index contributed by atoms with van der Waals surface area (Å²) >= 11 is 3.19. The Morgan fingerprint density at radius 3 is 3.50 bits per heavy atom. The lowest BCUT2D eigenvalue weighted by Gasteiger charge is -2.01. The molecule has 1 aromatic heterocycles. The zero-order valence-electron chi connectivity index (χ0n) is 8.17. The number of rotatable bonds is 2. The molecular formula is C7H8BrNO. The van der Waals surface area contributed by atoms with Gasteiger partial charge < -0.3 is 4.74 Å². The minimum atomic E-state index is -2.09. The van der Waals surface area contributed by atoms with Crippen molar-refractivity contribution in [2.24, 2.45) is 0 Å². The molecule has 0 bridgehead atoms. The highest BCUT2D eigenvalue weighted by molar-refractivity contribution is 9.10. The summed E-state index contributed by atoms with van der Waals surface area (Å²) in [6.07, 6.45) is 1.54. The molecule has 0 spiro atoms. The van der Waals surface area contributed by atoms with Crippen LogP contribution in [0.1, 0.15) is 11.0 Å². The second-order valence-electron chi connectivity index (χ2n) is 1.58. The van der Waals surface area contributed by atoms with E-state index in [-0.39, 0.29) is 6.61 Å². The van der Waals surface area contributed by atoms with Crippen molar-refractivity contribution in [3.63, 3.8) is 0 Å². The maximum absolute atomic E-state index is 6.92. The summed E-state index contributed by atoms with van der Waals surface area (Å²) < 4.78 is 26.4. The first-order chi connectivity index (χ1) is 5.99. The zero-order chi connectivity index (χ0) is 9.90. The fourth-order valence-corrected chi connectivity index (χ4v) is 0.915. The van der Waals surface area contributed by atoms with Crippen LogP contribution in [0.25, 0.3) is 0 Å². The molecule has 0 aliphatic carbocycles. The third kappa shape index (κ3) is 1.70. The van der Waals surface area contributed by atoms with Crippen LogP contribution in [0.15, 0.2) is 22.8 Å². The lowest BCUT2D eigenvalue weighted by atomic mass is 10.5. The molecule has 0 unspecified atom stereocenters. The summed E-state index contributed by atoms with van der Waals surface area (Å²) in [5.74, 6) is 0.304. The van der Waals surface area contributed by atoms with Crippen molar-refractivity contribution < 1.29 is 8.85 Å². The highest BCUT2D eigenvalue weighted by Gasteiger charge is 1.97. The Morgan fingerprint density at radius 1 is 1.90 bits per heavy atom. The summed E-state index contributed by atoms with van der Waals surface area (Å²) in [7, 11) is 0. The predicted octanol–water partition coefficient (Wildman–Crippen LogP) is 2.24. The molecule has 0 N–H and O–H groups in total. The lowest BCUT2D eigenvalue weighted by Crippen LogP contribution is -1.93. The van der Waals surface area contributed by atoms with Crippen LogP contribution in [0.4, 0.5) is 0 Å². The average molecular weight is 205 g/mol. The minimum Gasteiger partial charge on any atom is -0.477 e. The van der Waals surface area contributed by atoms with E-state index in [0.717, 1.165) is 0 Å². The van der Waals surface area contributed by atoms with Crippen molar-refractivity contribution in [3.05, 3.63) is 22.8 Å². The van der Waals surface area contributed by atoms with Crippen LogP contribution in [0, 0.1) is 0 Å². The van der Waals surface area contributed by atoms with Gasteiger partial charge in [-0.25, -0.2) is 4.98 Å². The molecule has 0 radical (unpaired) electrons.